The summed E-state index contributed by atoms with van der Waals surface area (Å²) in [6.45, 7) is 1.84. The molecule has 3 heterocycles. The van der Waals surface area contributed by atoms with E-state index in [-0.39, 0.29) is 22.3 Å². The van der Waals surface area contributed by atoms with Crippen LogP contribution < -0.4 is 0 Å². The predicted octanol–water partition coefficient (Wildman–Crippen LogP) is 6.85. The first-order chi connectivity index (χ1) is 21.0. The number of rotatable bonds is 2. The SMILES string of the molecule is Cc1ccc2c(c1)C(=O)C(=O)/C2=C\c1nc2c3nsnc3c3nc(/C=C4\C(=O)C(=O)c5cc(C(F)(F)F)ccc54)sc3c2s1. The van der Waals surface area contributed by atoms with Crippen molar-refractivity contribution in [3.8, 4) is 0 Å². The fourth-order valence-electron chi connectivity index (χ4n) is 5.42. The van der Waals surface area contributed by atoms with Crippen LogP contribution in [-0.2, 0) is 15.8 Å². The number of hydrogen-bond acceptors (Lipinski definition) is 11. The van der Waals surface area contributed by atoms with E-state index in [0.717, 1.165) is 29.4 Å². The minimum absolute atomic E-state index is 0.0466. The molecule has 8 rings (SSSR count). The maximum Gasteiger partial charge on any atom is 0.416 e. The highest BCUT2D eigenvalue weighted by molar-refractivity contribution is 7.28. The first-order valence-electron chi connectivity index (χ1n) is 12.8. The molecule has 214 valence electrons. The molecular weight excluding hydrogens is 634 g/mol. The van der Waals surface area contributed by atoms with Gasteiger partial charge in [0.2, 0.25) is 23.1 Å². The number of nitrogens with zero attached hydrogens (tertiary/aromatic N) is 4. The number of aryl methyl sites for hydroxylation is 1. The van der Waals surface area contributed by atoms with Gasteiger partial charge in [0, 0.05) is 22.3 Å². The van der Waals surface area contributed by atoms with Crippen molar-refractivity contribution in [2.45, 2.75) is 13.1 Å². The zero-order chi connectivity index (χ0) is 30.7. The molecule has 0 bridgehead atoms. The van der Waals surface area contributed by atoms with E-state index in [1.165, 1.54) is 28.7 Å². The lowest BCUT2D eigenvalue weighted by Crippen LogP contribution is -2.08. The van der Waals surface area contributed by atoms with Gasteiger partial charge < -0.3 is 0 Å². The summed E-state index contributed by atoms with van der Waals surface area (Å²) in [5.74, 6) is -3.10. The summed E-state index contributed by atoms with van der Waals surface area (Å²) >= 11 is 3.43. The molecule has 8 nitrogen and oxygen atoms in total. The van der Waals surface area contributed by atoms with E-state index in [4.69, 9.17) is 4.98 Å². The Kier molecular flexibility index (Phi) is 5.55. The molecule has 0 radical (unpaired) electrons. The molecule has 0 atom stereocenters. The fraction of sp³-hybridized carbons (Fsp3) is 0.0667. The zero-order valence-electron chi connectivity index (χ0n) is 21.9. The van der Waals surface area contributed by atoms with Crippen LogP contribution in [0, 0.1) is 6.92 Å². The van der Waals surface area contributed by atoms with Crippen LogP contribution in [0.3, 0.4) is 0 Å². The van der Waals surface area contributed by atoms with Gasteiger partial charge in [-0.05, 0) is 48.4 Å². The lowest BCUT2D eigenvalue weighted by atomic mass is 10.0. The van der Waals surface area contributed by atoms with Crippen molar-refractivity contribution in [1.82, 2.24) is 18.7 Å². The van der Waals surface area contributed by atoms with Crippen molar-refractivity contribution in [1.29, 1.82) is 0 Å². The Morgan fingerprint density at radius 2 is 1.14 bits per heavy atom. The van der Waals surface area contributed by atoms with Crippen LogP contribution in [0.5, 0.6) is 0 Å². The smallest absolute Gasteiger partial charge is 0.285 e. The Morgan fingerprint density at radius 1 is 0.636 bits per heavy atom. The van der Waals surface area contributed by atoms with Gasteiger partial charge in [0.1, 0.15) is 32.1 Å². The molecule has 0 spiro atoms. The first kappa shape index (κ1) is 26.8. The molecule has 44 heavy (non-hydrogen) atoms. The van der Waals surface area contributed by atoms with Crippen molar-refractivity contribution in [2.75, 3.05) is 0 Å². The Morgan fingerprint density at radius 3 is 1.66 bits per heavy atom. The third-order valence-electron chi connectivity index (χ3n) is 7.46. The minimum Gasteiger partial charge on any atom is -0.285 e. The molecule has 0 amide bonds. The lowest BCUT2D eigenvalue weighted by Gasteiger charge is -2.07. The Bertz CT molecular complexity index is 2430. The third kappa shape index (κ3) is 3.81. The van der Waals surface area contributed by atoms with Crippen LogP contribution >= 0.6 is 34.4 Å². The maximum atomic E-state index is 13.2. The van der Waals surface area contributed by atoms with Gasteiger partial charge in [-0.25, -0.2) is 9.97 Å². The quantitative estimate of drug-likeness (QED) is 0.148. The molecule has 0 aliphatic heterocycles. The molecule has 14 heteroatoms. The second kappa shape index (κ2) is 9.11. The highest BCUT2D eigenvalue weighted by Gasteiger charge is 2.38. The number of carbonyl (C=O) groups excluding carboxylic acids is 4. The third-order valence-corrected chi connectivity index (χ3v) is 10.2. The number of thiazole rings is 2. The second-order valence-electron chi connectivity index (χ2n) is 10.2. The zero-order valence-corrected chi connectivity index (χ0v) is 24.3. The summed E-state index contributed by atoms with van der Waals surface area (Å²) in [5.41, 5.74) is 2.72. The van der Waals surface area contributed by atoms with Crippen LogP contribution in [0.4, 0.5) is 13.2 Å². The highest BCUT2D eigenvalue weighted by Crippen LogP contribution is 2.43. The number of alkyl halides is 3. The van der Waals surface area contributed by atoms with Crippen LogP contribution in [-0.4, -0.2) is 41.8 Å². The normalized spacial score (nSPS) is 16.9. The number of halogens is 3. The van der Waals surface area contributed by atoms with Crippen LogP contribution in [0.2, 0.25) is 0 Å². The topological polar surface area (TPSA) is 120 Å². The summed E-state index contributed by atoms with van der Waals surface area (Å²) in [4.78, 5) is 60.3. The Labute approximate surface area is 255 Å². The molecule has 0 unspecified atom stereocenters. The molecule has 3 aromatic carbocycles. The molecule has 6 aromatic rings. The lowest BCUT2D eigenvalue weighted by molar-refractivity contribution is -0.137. The number of fused-ring (bicyclic) bond motifs is 8. The van der Waals surface area contributed by atoms with Gasteiger partial charge in [0.05, 0.1) is 26.7 Å². The van der Waals surface area contributed by atoms with E-state index in [1.807, 2.05) is 13.0 Å². The van der Waals surface area contributed by atoms with Crippen molar-refractivity contribution in [3.05, 3.63) is 79.8 Å². The van der Waals surface area contributed by atoms with Crippen LogP contribution in [0.15, 0.2) is 36.4 Å². The monoisotopic (exact) mass is 644 g/mol. The number of carbonyl (C=O) groups is 4. The van der Waals surface area contributed by atoms with E-state index in [0.29, 0.717) is 58.7 Å². The maximum absolute atomic E-state index is 13.2. The Hall–Kier alpha value is -4.79. The Balaban J connectivity index is 1.28. The van der Waals surface area contributed by atoms with E-state index in [2.05, 4.69) is 13.7 Å². The van der Waals surface area contributed by atoms with E-state index >= 15 is 0 Å². The summed E-state index contributed by atoms with van der Waals surface area (Å²) in [5, 5.41) is 0.797. The van der Waals surface area contributed by atoms with Gasteiger partial charge in [-0.15, -0.1) is 22.7 Å². The number of ketones is 4. The van der Waals surface area contributed by atoms with Gasteiger partial charge >= 0.3 is 6.18 Å². The molecular formula is C30H11F3N4O4S3. The molecule has 2 aliphatic carbocycles. The van der Waals surface area contributed by atoms with Gasteiger partial charge in [0.25, 0.3) is 0 Å². The molecule has 0 saturated carbocycles. The van der Waals surface area contributed by atoms with Gasteiger partial charge in [-0.3, -0.25) is 19.2 Å². The second-order valence-corrected chi connectivity index (χ2v) is 12.8. The largest absolute Gasteiger partial charge is 0.416 e. The molecule has 0 fully saturated rings. The van der Waals surface area contributed by atoms with Crippen molar-refractivity contribution < 1.29 is 32.3 Å². The van der Waals surface area contributed by atoms with Crippen LogP contribution in [0.25, 0.3) is 54.8 Å². The average Bonchev–Trinajstić information content (AvgIpc) is 3.79. The minimum atomic E-state index is -4.66. The fourth-order valence-corrected chi connectivity index (χ4v) is 8.12. The highest BCUT2D eigenvalue weighted by atomic mass is 32.1. The van der Waals surface area contributed by atoms with Crippen molar-refractivity contribution in [3.63, 3.8) is 0 Å². The number of aromatic nitrogens is 4. The van der Waals surface area contributed by atoms with Gasteiger partial charge in [-0.1, -0.05) is 23.8 Å². The van der Waals surface area contributed by atoms with Gasteiger partial charge in [-0.2, -0.15) is 21.9 Å². The molecule has 0 N–H and O–H groups in total. The van der Waals surface area contributed by atoms with Crippen molar-refractivity contribution >= 4 is 112 Å². The van der Waals surface area contributed by atoms with Crippen LogP contribution in [0.1, 0.15) is 53.0 Å². The number of benzene rings is 3. The summed E-state index contributed by atoms with van der Waals surface area (Å²) in [6.07, 6.45) is -1.68. The summed E-state index contributed by atoms with van der Waals surface area (Å²) in [6, 6.07) is 7.91. The predicted molar refractivity (Wildman–Crippen MR) is 161 cm³/mol. The number of hydrogen-bond donors (Lipinski definition) is 0. The van der Waals surface area contributed by atoms with E-state index < -0.39 is 34.9 Å². The molecule has 2 aliphatic rings. The summed E-state index contributed by atoms with van der Waals surface area (Å²) < 4.78 is 49.9. The standard InChI is InChI=1S/C30H11F3N4O4S3/c1-10-2-4-12-14(6-10)24(38)26(40)16(12)8-18-34-22-20-21(37-44-36-20)23-29(28(22)42-18)43-19(35-23)9-17-13-5-3-11(30(31,32)33)7-15(13)25(39)27(17)41/h2-9H,1H3/b16-8-,17-9-. The number of allylic oxidation sites excluding steroid dienone is 2. The van der Waals surface area contributed by atoms with E-state index in [1.54, 1.807) is 18.2 Å². The first-order valence-corrected chi connectivity index (χ1v) is 15.2. The van der Waals surface area contributed by atoms with Crippen molar-refractivity contribution in [2.24, 2.45) is 0 Å². The molecule has 0 saturated heterocycles. The summed E-state index contributed by atoms with van der Waals surface area (Å²) in [7, 11) is 0. The number of Topliss-reactive ketones (excluding diaryl/α,β-unsaturated/α-hetero) is 4. The van der Waals surface area contributed by atoms with E-state index in [9.17, 15) is 32.3 Å². The van der Waals surface area contributed by atoms with Gasteiger partial charge in [0.15, 0.2) is 0 Å². The molecule has 3 aromatic heterocycles. The average molecular weight is 645 g/mol.